The zero-order valence-electron chi connectivity index (χ0n) is 7.26. The Bertz CT molecular complexity index is 308. The maximum atomic E-state index is 9.49. The zero-order valence-corrected chi connectivity index (χ0v) is 8.84. The van der Waals surface area contributed by atoms with Gasteiger partial charge in [0.2, 0.25) is 0 Å². The summed E-state index contributed by atoms with van der Waals surface area (Å²) in [6.45, 7) is 1.08. The van der Waals surface area contributed by atoms with Crippen LogP contribution in [0.1, 0.15) is 24.4 Å². The Morgan fingerprint density at radius 2 is 2.31 bits per heavy atom. The molecule has 70 valence electrons. The summed E-state index contributed by atoms with van der Waals surface area (Å²) in [5.74, 6) is 0.325. The monoisotopic (exact) mass is 241 g/mol. The van der Waals surface area contributed by atoms with Crippen molar-refractivity contribution in [3.8, 4) is 5.75 Å². The van der Waals surface area contributed by atoms with Crippen LogP contribution in [0.4, 0.5) is 0 Å². The minimum atomic E-state index is 0.325. The lowest BCUT2D eigenvalue weighted by atomic mass is 10.1. The topological polar surface area (TPSA) is 32.3 Å². The minimum absolute atomic E-state index is 0.325. The first kappa shape index (κ1) is 9.03. The van der Waals surface area contributed by atoms with E-state index < -0.39 is 0 Å². The van der Waals surface area contributed by atoms with Crippen molar-refractivity contribution in [2.24, 2.45) is 0 Å². The van der Waals surface area contributed by atoms with Crippen molar-refractivity contribution in [2.45, 2.75) is 18.9 Å². The van der Waals surface area contributed by atoms with Gasteiger partial charge in [0.15, 0.2) is 0 Å². The Balaban J connectivity index is 2.33. The molecule has 0 bridgehead atoms. The predicted molar refractivity (Wildman–Crippen MR) is 55.8 cm³/mol. The van der Waals surface area contributed by atoms with Gasteiger partial charge in [-0.1, -0.05) is 12.1 Å². The summed E-state index contributed by atoms with van der Waals surface area (Å²) < 4.78 is 0.828. The van der Waals surface area contributed by atoms with Gasteiger partial charge < -0.3 is 10.4 Å². The fraction of sp³-hybridized carbons (Fsp3) is 0.400. The largest absolute Gasteiger partial charge is 0.507 e. The molecule has 1 aliphatic heterocycles. The lowest BCUT2D eigenvalue weighted by molar-refractivity contribution is 0.469. The van der Waals surface area contributed by atoms with E-state index in [4.69, 9.17) is 0 Å². The van der Waals surface area contributed by atoms with E-state index in [2.05, 4.69) is 21.2 Å². The predicted octanol–water partition coefficient (Wildman–Crippen LogP) is 2.58. The third-order valence-electron chi connectivity index (χ3n) is 2.44. The molecule has 0 saturated carbocycles. The van der Waals surface area contributed by atoms with Gasteiger partial charge in [0, 0.05) is 6.04 Å². The van der Waals surface area contributed by atoms with Crippen molar-refractivity contribution in [1.29, 1.82) is 0 Å². The number of nitrogens with one attached hydrogen (secondary N) is 1. The highest BCUT2D eigenvalue weighted by Crippen LogP contribution is 2.34. The molecular formula is C10H12BrNO. The molecule has 13 heavy (non-hydrogen) atoms. The molecule has 0 amide bonds. The minimum Gasteiger partial charge on any atom is -0.507 e. The maximum absolute atomic E-state index is 9.49. The Labute approximate surface area is 86.1 Å². The molecule has 1 aromatic carbocycles. The second-order valence-corrected chi connectivity index (χ2v) is 4.12. The first-order valence-corrected chi connectivity index (χ1v) is 5.29. The van der Waals surface area contributed by atoms with E-state index in [9.17, 15) is 5.11 Å². The fourth-order valence-electron chi connectivity index (χ4n) is 1.76. The second-order valence-electron chi connectivity index (χ2n) is 3.33. The molecule has 1 aromatic rings. The average Bonchev–Trinajstić information content (AvgIpc) is 2.62. The Morgan fingerprint density at radius 3 is 3.00 bits per heavy atom. The average molecular weight is 242 g/mol. The van der Waals surface area contributed by atoms with Gasteiger partial charge in [0.1, 0.15) is 5.75 Å². The molecule has 0 aliphatic carbocycles. The number of hydrogen-bond donors (Lipinski definition) is 2. The van der Waals surface area contributed by atoms with Gasteiger partial charge in [-0.05, 0) is 46.9 Å². The SMILES string of the molecule is Oc1cccc(C2CCCN2)c1Br. The fourth-order valence-corrected chi connectivity index (χ4v) is 2.30. The molecule has 0 radical (unpaired) electrons. The number of aromatic hydroxyl groups is 1. The van der Waals surface area contributed by atoms with Crippen molar-refractivity contribution in [1.82, 2.24) is 5.32 Å². The molecule has 2 N–H and O–H groups in total. The van der Waals surface area contributed by atoms with E-state index in [1.165, 1.54) is 6.42 Å². The number of phenolic OH excluding ortho intramolecular Hbond substituents is 1. The summed E-state index contributed by atoms with van der Waals surface area (Å²) in [5.41, 5.74) is 1.16. The number of hydrogen-bond acceptors (Lipinski definition) is 2. The van der Waals surface area contributed by atoms with Gasteiger partial charge in [0.25, 0.3) is 0 Å². The second kappa shape index (κ2) is 3.68. The van der Waals surface area contributed by atoms with Crippen LogP contribution in [0.5, 0.6) is 5.75 Å². The highest BCUT2D eigenvalue weighted by atomic mass is 79.9. The molecule has 1 saturated heterocycles. The summed E-state index contributed by atoms with van der Waals surface area (Å²) in [5, 5.41) is 12.9. The van der Waals surface area contributed by atoms with Crippen LogP contribution in [0.2, 0.25) is 0 Å². The van der Waals surface area contributed by atoms with E-state index in [0.29, 0.717) is 11.8 Å². The highest BCUT2D eigenvalue weighted by molar-refractivity contribution is 9.10. The van der Waals surface area contributed by atoms with Crippen molar-refractivity contribution in [3.05, 3.63) is 28.2 Å². The van der Waals surface area contributed by atoms with Crippen LogP contribution < -0.4 is 5.32 Å². The molecule has 1 aliphatic rings. The zero-order chi connectivity index (χ0) is 9.26. The summed E-state index contributed by atoms with van der Waals surface area (Å²) in [4.78, 5) is 0. The molecule has 1 heterocycles. The molecule has 1 unspecified atom stereocenters. The first-order chi connectivity index (χ1) is 6.29. The summed E-state index contributed by atoms with van der Waals surface area (Å²) in [6, 6.07) is 6.03. The van der Waals surface area contributed by atoms with E-state index >= 15 is 0 Å². The third kappa shape index (κ3) is 1.71. The van der Waals surface area contributed by atoms with Crippen LogP contribution in [-0.2, 0) is 0 Å². The maximum Gasteiger partial charge on any atom is 0.130 e. The standard InChI is InChI=1S/C10H12BrNO/c11-10-7(3-1-5-9(10)13)8-4-2-6-12-8/h1,3,5,8,12-13H,2,4,6H2. The van der Waals surface area contributed by atoms with Crippen molar-refractivity contribution in [3.63, 3.8) is 0 Å². The van der Waals surface area contributed by atoms with Crippen LogP contribution in [-0.4, -0.2) is 11.7 Å². The molecule has 3 heteroatoms. The number of phenols is 1. The number of rotatable bonds is 1. The Morgan fingerprint density at radius 1 is 1.46 bits per heavy atom. The van der Waals surface area contributed by atoms with Crippen molar-refractivity contribution in [2.75, 3.05) is 6.54 Å². The normalized spacial score (nSPS) is 22.1. The molecule has 2 rings (SSSR count). The van der Waals surface area contributed by atoms with Gasteiger partial charge in [-0.3, -0.25) is 0 Å². The van der Waals surface area contributed by atoms with E-state index in [1.807, 2.05) is 12.1 Å². The van der Waals surface area contributed by atoms with Crippen LogP contribution >= 0.6 is 15.9 Å². The van der Waals surface area contributed by atoms with Crippen LogP contribution in [0, 0.1) is 0 Å². The van der Waals surface area contributed by atoms with Gasteiger partial charge in [-0.15, -0.1) is 0 Å². The molecule has 0 spiro atoms. The molecule has 1 fully saturated rings. The lowest BCUT2D eigenvalue weighted by Gasteiger charge is -2.13. The smallest absolute Gasteiger partial charge is 0.130 e. The van der Waals surface area contributed by atoms with E-state index in [-0.39, 0.29) is 0 Å². The van der Waals surface area contributed by atoms with Crippen LogP contribution in [0.15, 0.2) is 22.7 Å². The number of halogens is 1. The lowest BCUT2D eigenvalue weighted by Crippen LogP contribution is -2.13. The Kier molecular flexibility index (Phi) is 2.56. The molecule has 1 atom stereocenters. The summed E-state index contributed by atoms with van der Waals surface area (Å²) in [7, 11) is 0. The highest BCUT2D eigenvalue weighted by Gasteiger charge is 2.19. The Hall–Kier alpha value is -0.540. The van der Waals surface area contributed by atoms with Crippen LogP contribution in [0.25, 0.3) is 0 Å². The van der Waals surface area contributed by atoms with Gasteiger partial charge >= 0.3 is 0 Å². The molecular weight excluding hydrogens is 230 g/mol. The van der Waals surface area contributed by atoms with Crippen molar-refractivity contribution < 1.29 is 5.11 Å². The van der Waals surface area contributed by atoms with Crippen LogP contribution in [0.3, 0.4) is 0 Å². The van der Waals surface area contributed by atoms with E-state index in [1.54, 1.807) is 6.07 Å². The molecule has 2 nitrogen and oxygen atoms in total. The molecule has 0 aromatic heterocycles. The van der Waals surface area contributed by atoms with Gasteiger partial charge in [0.05, 0.1) is 4.47 Å². The number of benzene rings is 1. The third-order valence-corrected chi connectivity index (χ3v) is 3.31. The van der Waals surface area contributed by atoms with Gasteiger partial charge in [-0.2, -0.15) is 0 Å². The van der Waals surface area contributed by atoms with Crippen molar-refractivity contribution >= 4 is 15.9 Å². The quantitative estimate of drug-likeness (QED) is 0.793. The van der Waals surface area contributed by atoms with E-state index in [0.717, 1.165) is 23.0 Å². The first-order valence-electron chi connectivity index (χ1n) is 4.50. The summed E-state index contributed by atoms with van der Waals surface area (Å²) >= 11 is 3.40. The summed E-state index contributed by atoms with van der Waals surface area (Å²) in [6.07, 6.45) is 2.37. The van der Waals surface area contributed by atoms with Gasteiger partial charge in [-0.25, -0.2) is 0 Å².